The van der Waals surface area contributed by atoms with E-state index >= 15 is 0 Å². The van der Waals surface area contributed by atoms with E-state index in [4.69, 9.17) is 4.74 Å². The van der Waals surface area contributed by atoms with E-state index in [2.05, 4.69) is 24.9 Å². The fourth-order valence-corrected chi connectivity index (χ4v) is 3.28. The number of anilines is 1. The molecule has 2 aromatic rings. The Morgan fingerprint density at radius 2 is 1.81 bits per heavy atom. The molecule has 0 unspecified atom stereocenters. The second kappa shape index (κ2) is 7.79. The van der Waals surface area contributed by atoms with Crippen molar-refractivity contribution in [3.8, 4) is 5.82 Å². The van der Waals surface area contributed by atoms with Crippen molar-refractivity contribution in [2.24, 2.45) is 0 Å². The Morgan fingerprint density at radius 1 is 1.04 bits per heavy atom. The van der Waals surface area contributed by atoms with Gasteiger partial charge in [-0.15, -0.1) is 0 Å². The van der Waals surface area contributed by atoms with Crippen molar-refractivity contribution in [3.05, 3.63) is 30.9 Å². The third kappa shape index (κ3) is 3.83. The van der Waals surface area contributed by atoms with Gasteiger partial charge in [0.2, 0.25) is 5.91 Å². The zero-order valence-corrected chi connectivity index (χ0v) is 14.7. The number of carbonyl (C=O) groups excluding carboxylic acids is 1. The first-order valence-electron chi connectivity index (χ1n) is 8.94. The number of carbonyl (C=O) groups is 1. The monoisotopic (exact) mass is 357 g/mol. The summed E-state index contributed by atoms with van der Waals surface area (Å²) in [6, 6.07) is 3.81. The number of hydrogen-bond acceptors (Lipinski definition) is 7. The summed E-state index contributed by atoms with van der Waals surface area (Å²) in [6.07, 6.45) is 5.16. The first kappa shape index (κ1) is 16.9. The van der Waals surface area contributed by atoms with Crippen LogP contribution in [0.25, 0.3) is 5.82 Å². The van der Waals surface area contributed by atoms with Crippen LogP contribution < -0.4 is 4.90 Å². The molecule has 2 aliphatic heterocycles. The van der Waals surface area contributed by atoms with Crippen LogP contribution in [0.2, 0.25) is 0 Å². The molecule has 138 valence electrons. The highest BCUT2D eigenvalue weighted by atomic mass is 16.5. The van der Waals surface area contributed by atoms with Crippen LogP contribution in [0, 0.1) is 0 Å². The third-order valence-corrected chi connectivity index (χ3v) is 4.80. The van der Waals surface area contributed by atoms with Gasteiger partial charge in [-0.3, -0.25) is 9.69 Å². The molecule has 0 radical (unpaired) electrons. The van der Waals surface area contributed by atoms with Gasteiger partial charge in [0.25, 0.3) is 0 Å². The lowest BCUT2D eigenvalue weighted by Gasteiger charge is -2.36. The summed E-state index contributed by atoms with van der Waals surface area (Å²) in [5.41, 5.74) is 0. The Hall–Kier alpha value is -2.52. The molecule has 0 spiro atoms. The standard InChI is InChI=1S/C17H23N7O2/c25-17(23-8-10-26-11-9-23)13-21-4-6-22(7-5-21)15-12-16(19-14-18-15)24-3-1-2-20-24/h1-3,12,14H,4-11,13H2. The van der Waals surface area contributed by atoms with Gasteiger partial charge < -0.3 is 14.5 Å². The molecule has 2 aromatic heterocycles. The summed E-state index contributed by atoms with van der Waals surface area (Å²) >= 11 is 0. The van der Waals surface area contributed by atoms with Crippen molar-refractivity contribution in [1.29, 1.82) is 0 Å². The Morgan fingerprint density at radius 3 is 2.54 bits per heavy atom. The lowest BCUT2D eigenvalue weighted by molar-refractivity contribution is -0.136. The fourth-order valence-electron chi connectivity index (χ4n) is 3.28. The van der Waals surface area contributed by atoms with Crippen molar-refractivity contribution < 1.29 is 9.53 Å². The minimum atomic E-state index is 0.199. The number of aromatic nitrogens is 4. The SMILES string of the molecule is O=C(CN1CCN(c2cc(-n3cccn3)ncn2)CC1)N1CCOCC1. The van der Waals surface area contributed by atoms with Gasteiger partial charge >= 0.3 is 0 Å². The molecule has 0 saturated carbocycles. The molecule has 1 amide bonds. The first-order chi connectivity index (χ1) is 12.8. The molecule has 0 N–H and O–H groups in total. The first-order valence-corrected chi connectivity index (χ1v) is 8.94. The van der Waals surface area contributed by atoms with E-state index < -0.39 is 0 Å². The average molecular weight is 357 g/mol. The second-order valence-electron chi connectivity index (χ2n) is 6.44. The number of hydrogen-bond donors (Lipinski definition) is 0. The fraction of sp³-hybridized carbons (Fsp3) is 0.529. The van der Waals surface area contributed by atoms with Crippen molar-refractivity contribution in [1.82, 2.24) is 29.5 Å². The van der Waals surface area contributed by atoms with Crippen molar-refractivity contribution >= 4 is 11.7 Å². The van der Waals surface area contributed by atoms with Gasteiger partial charge in [-0.2, -0.15) is 5.10 Å². The van der Waals surface area contributed by atoms with Crippen LogP contribution in [0.4, 0.5) is 5.82 Å². The molecule has 2 aliphatic rings. The van der Waals surface area contributed by atoms with Crippen LogP contribution >= 0.6 is 0 Å². The van der Waals surface area contributed by atoms with Crippen LogP contribution in [0.3, 0.4) is 0 Å². The Labute approximate surface area is 152 Å². The lowest BCUT2D eigenvalue weighted by Crippen LogP contribution is -2.51. The molecule has 4 heterocycles. The van der Waals surface area contributed by atoms with Crippen LogP contribution in [0.15, 0.2) is 30.9 Å². The largest absolute Gasteiger partial charge is 0.378 e. The minimum Gasteiger partial charge on any atom is -0.378 e. The summed E-state index contributed by atoms with van der Waals surface area (Å²) in [5.74, 6) is 1.85. The quantitative estimate of drug-likeness (QED) is 0.739. The van der Waals surface area contributed by atoms with Crippen LogP contribution in [0.5, 0.6) is 0 Å². The number of morpholine rings is 1. The van der Waals surface area contributed by atoms with Gasteiger partial charge in [-0.05, 0) is 6.07 Å². The smallest absolute Gasteiger partial charge is 0.236 e. The maximum atomic E-state index is 12.4. The number of amides is 1. The minimum absolute atomic E-state index is 0.199. The van der Waals surface area contributed by atoms with E-state index in [-0.39, 0.29) is 5.91 Å². The molecule has 2 fully saturated rings. The highest BCUT2D eigenvalue weighted by Gasteiger charge is 2.23. The Bertz CT molecular complexity index is 722. The number of nitrogens with zero attached hydrogens (tertiary/aromatic N) is 7. The van der Waals surface area contributed by atoms with Crippen LogP contribution in [0.1, 0.15) is 0 Å². The van der Waals surface area contributed by atoms with Gasteiger partial charge in [0.15, 0.2) is 5.82 Å². The van der Waals surface area contributed by atoms with E-state index in [1.807, 2.05) is 23.2 Å². The molecular weight excluding hydrogens is 334 g/mol. The molecule has 26 heavy (non-hydrogen) atoms. The third-order valence-electron chi connectivity index (χ3n) is 4.80. The molecule has 0 aromatic carbocycles. The van der Waals surface area contributed by atoms with Gasteiger partial charge in [-0.1, -0.05) is 0 Å². The van der Waals surface area contributed by atoms with E-state index in [1.165, 1.54) is 0 Å². The van der Waals surface area contributed by atoms with E-state index in [0.717, 1.165) is 37.8 Å². The maximum absolute atomic E-state index is 12.4. The normalized spacial score (nSPS) is 18.9. The molecule has 0 atom stereocenters. The highest BCUT2D eigenvalue weighted by molar-refractivity contribution is 5.78. The van der Waals surface area contributed by atoms with Crippen LogP contribution in [-0.4, -0.2) is 94.5 Å². The van der Waals surface area contributed by atoms with E-state index in [1.54, 1.807) is 17.2 Å². The predicted molar refractivity (Wildman–Crippen MR) is 95.2 cm³/mol. The van der Waals surface area contributed by atoms with Gasteiger partial charge in [0.05, 0.1) is 19.8 Å². The molecule has 2 saturated heterocycles. The second-order valence-corrected chi connectivity index (χ2v) is 6.44. The maximum Gasteiger partial charge on any atom is 0.236 e. The lowest BCUT2D eigenvalue weighted by atomic mass is 10.3. The summed E-state index contributed by atoms with van der Waals surface area (Å²) < 4.78 is 7.03. The Kier molecular flexibility index (Phi) is 5.07. The topological polar surface area (TPSA) is 79.6 Å². The zero-order chi connectivity index (χ0) is 17.8. The molecule has 0 aliphatic carbocycles. The van der Waals surface area contributed by atoms with Crippen LogP contribution in [-0.2, 0) is 9.53 Å². The Balaban J connectivity index is 1.32. The predicted octanol–water partition coefficient (Wildman–Crippen LogP) is -0.357. The van der Waals surface area contributed by atoms with Gasteiger partial charge in [0.1, 0.15) is 12.1 Å². The summed E-state index contributed by atoms with van der Waals surface area (Å²) in [5, 5.41) is 4.21. The van der Waals surface area contributed by atoms with Crippen molar-refractivity contribution in [2.45, 2.75) is 0 Å². The zero-order valence-electron chi connectivity index (χ0n) is 14.7. The molecule has 9 heteroatoms. The van der Waals surface area contributed by atoms with E-state index in [0.29, 0.717) is 32.8 Å². The molecule has 0 bridgehead atoms. The summed E-state index contributed by atoms with van der Waals surface area (Å²) in [6.45, 7) is 6.55. The number of ether oxygens (including phenoxy) is 1. The molecular formula is C17H23N7O2. The number of rotatable bonds is 4. The summed E-state index contributed by atoms with van der Waals surface area (Å²) in [4.78, 5) is 27.4. The van der Waals surface area contributed by atoms with E-state index in [9.17, 15) is 4.79 Å². The molecule has 9 nitrogen and oxygen atoms in total. The molecule has 4 rings (SSSR count). The van der Waals surface area contributed by atoms with Gasteiger partial charge in [-0.25, -0.2) is 14.6 Å². The van der Waals surface area contributed by atoms with Crippen molar-refractivity contribution in [3.63, 3.8) is 0 Å². The highest BCUT2D eigenvalue weighted by Crippen LogP contribution is 2.15. The summed E-state index contributed by atoms with van der Waals surface area (Å²) in [7, 11) is 0. The number of piperazine rings is 1. The average Bonchev–Trinajstić information content (AvgIpc) is 3.24. The van der Waals surface area contributed by atoms with Crippen molar-refractivity contribution in [2.75, 3.05) is 63.9 Å². The van der Waals surface area contributed by atoms with Gasteiger partial charge in [0, 0.05) is 57.7 Å².